The monoisotopic (exact) mass is 178 g/mol. The number of nitrogens with two attached hydrogens (primary N) is 2. The van der Waals surface area contributed by atoms with Gasteiger partial charge in [-0.2, -0.15) is 0 Å². The summed E-state index contributed by atoms with van der Waals surface area (Å²) in [4.78, 5) is 0. The van der Waals surface area contributed by atoms with Crippen molar-refractivity contribution in [1.82, 2.24) is 0 Å². The van der Waals surface area contributed by atoms with Crippen molar-refractivity contribution in [3.05, 3.63) is 0 Å². The summed E-state index contributed by atoms with van der Waals surface area (Å²) in [5.41, 5.74) is 10.5. The molecule has 1 aliphatic rings. The highest BCUT2D eigenvalue weighted by Crippen LogP contribution is 2.17. The molecule has 0 spiro atoms. The molecule has 0 aromatic heterocycles. The molecule has 0 saturated carbocycles. The molecule has 0 bridgehead atoms. The van der Waals surface area contributed by atoms with E-state index in [9.17, 15) is 10.2 Å². The Kier molecular flexibility index (Phi) is 2.99. The van der Waals surface area contributed by atoms with E-state index >= 15 is 0 Å². The van der Waals surface area contributed by atoms with E-state index in [1.807, 2.05) is 0 Å². The Morgan fingerprint density at radius 2 is 1.75 bits per heavy atom. The quantitative estimate of drug-likeness (QED) is 0.287. The van der Waals surface area contributed by atoms with Gasteiger partial charge in [-0.1, -0.05) is 0 Å². The van der Waals surface area contributed by atoms with Crippen LogP contribution in [0.1, 0.15) is 0 Å². The van der Waals surface area contributed by atoms with Gasteiger partial charge in [0.25, 0.3) is 0 Å². The van der Waals surface area contributed by atoms with Crippen molar-refractivity contribution in [3.8, 4) is 0 Å². The minimum atomic E-state index is -1.27. The van der Waals surface area contributed by atoms with Crippen molar-refractivity contribution in [2.45, 2.75) is 30.6 Å². The van der Waals surface area contributed by atoms with Gasteiger partial charge in [0.05, 0.1) is 6.04 Å². The molecule has 12 heavy (non-hydrogen) atoms. The minimum Gasteiger partial charge on any atom is -0.388 e. The summed E-state index contributed by atoms with van der Waals surface area (Å²) in [7, 11) is 0. The van der Waals surface area contributed by atoms with Crippen molar-refractivity contribution in [2.75, 3.05) is 6.54 Å². The fraction of sp³-hybridized carbons (Fsp3) is 1.00. The first kappa shape index (κ1) is 9.85. The predicted molar refractivity (Wildman–Crippen MR) is 39.9 cm³/mol. The molecule has 72 valence electrons. The predicted octanol–water partition coefficient (Wildman–Crippen LogP) is -3.29. The molecule has 1 fully saturated rings. The molecular formula is C6H14N2O4. The maximum Gasteiger partial charge on any atom is 0.172 e. The van der Waals surface area contributed by atoms with E-state index in [4.69, 9.17) is 21.3 Å². The van der Waals surface area contributed by atoms with E-state index in [2.05, 4.69) is 0 Å². The van der Waals surface area contributed by atoms with Gasteiger partial charge in [-0.15, -0.1) is 0 Å². The van der Waals surface area contributed by atoms with E-state index < -0.39 is 30.6 Å². The largest absolute Gasteiger partial charge is 0.388 e. The highest BCUT2D eigenvalue weighted by Gasteiger charge is 2.41. The van der Waals surface area contributed by atoms with Gasteiger partial charge in [0.2, 0.25) is 0 Å². The average Bonchev–Trinajstić information content (AvgIpc) is 2.08. The van der Waals surface area contributed by atoms with E-state index in [1.165, 1.54) is 0 Å². The van der Waals surface area contributed by atoms with Gasteiger partial charge in [-0.05, 0) is 0 Å². The van der Waals surface area contributed by atoms with Crippen LogP contribution in [0.5, 0.6) is 0 Å². The number of aliphatic hydroxyl groups excluding tert-OH is 3. The second kappa shape index (κ2) is 3.65. The summed E-state index contributed by atoms with van der Waals surface area (Å²) in [5.74, 6) is 0. The SMILES string of the molecule is NC[C@@H]1O[C@H](O)[C@@H](N)[C@@H](O)[C@@H]1O. The molecule has 1 saturated heterocycles. The van der Waals surface area contributed by atoms with Gasteiger partial charge < -0.3 is 31.5 Å². The molecule has 7 N–H and O–H groups in total. The molecule has 0 amide bonds. The second-order valence-corrected chi connectivity index (χ2v) is 2.86. The lowest BCUT2D eigenvalue weighted by Gasteiger charge is -2.38. The summed E-state index contributed by atoms with van der Waals surface area (Å²) < 4.78 is 4.83. The highest BCUT2D eigenvalue weighted by molar-refractivity contribution is 4.91. The van der Waals surface area contributed by atoms with Crippen molar-refractivity contribution in [3.63, 3.8) is 0 Å². The third-order valence-corrected chi connectivity index (χ3v) is 2.00. The van der Waals surface area contributed by atoms with Crippen LogP contribution in [0.3, 0.4) is 0 Å². The normalized spacial score (nSPS) is 49.2. The Morgan fingerprint density at radius 1 is 1.17 bits per heavy atom. The van der Waals surface area contributed by atoms with Crippen LogP contribution in [0.2, 0.25) is 0 Å². The van der Waals surface area contributed by atoms with Crippen LogP contribution in [0.4, 0.5) is 0 Å². The first-order valence-corrected chi connectivity index (χ1v) is 3.73. The van der Waals surface area contributed by atoms with Crippen LogP contribution in [-0.4, -0.2) is 52.5 Å². The maximum absolute atomic E-state index is 9.28. The van der Waals surface area contributed by atoms with Crippen molar-refractivity contribution < 1.29 is 20.1 Å². The van der Waals surface area contributed by atoms with E-state index in [1.54, 1.807) is 0 Å². The zero-order valence-corrected chi connectivity index (χ0v) is 6.50. The van der Waals surface area contributed by atoms with Gasteiger partial charge in [-0.25, -0.2) is 0 Å². The van der Waals surface area contributed by atoms with Crippen LogP contribution in [-0.2, 0) is 4.74 Å². The summed E-state index contributed by atoms with van der Waals surface area (Å²) in [6, 6.07) is -0.984. The first-order chi connectivity index (χ1) is 5.57. The lowest BCUT2D eigenvalue weighted by molar-refractivity contribution is -0.238. The number of hydrogen-bond acceptors (Lipinski definition) is 6. The summed E-state index contributed by atoms with van der Waals surface area (Å²) in [6.07, 6.45) is -4.34. The topological polar surface area (TPSA) is 122 Å². The number of rotatable bonds is 1. The molecule has 0 aromatic rings. The molecular weight excluding hydrogens is 164 g/mol. The zero-order chi connectivity index (χ0) is 9.30. The zero-order valence-electron chi connectivity index (χ0n) is 6.50. The second-order valence-electron chi connectivity index (χ2n) is 2.86. The van der Waals surface area contributed by atoms with Crippen molar-refractivity contribution in [1.29, 1.82) is 0 Å². The highest BCUT2D eigenvalue weighted by atomic mass is 16.6. The third kappa shape index (κ3) is 1.58. The fourth-order valence-corrected chi connectivity index (χ4v) is 1.16. The van der Waals surface area contributed by atoms with Crippen LogP contribution < -0.4 is 11.5 Å². The van der Waals surface area contributed by atoms with E-state index in [0.29, 0.717) is 0 Å². The summed E-state index contributed by atoms with van der Waals surface area (Å²) in [6.45, 7) is 0.0298. The maximum atomic E-state index is 9.28. The molecule has 0 aromatic carbocycles. The van der Waals surface area contributed by atoms with Gasteiger partial charge in [0.1, 0.15) is 18.3 Å². The lowest BCUT2D eigenvalue weighted by atomic mass is 9.98. The van der Waals surface area contributed by atoms with Crippen LogP contribution in [0.25, 0.3) is 0 Å². The van der Waals surface area contributed by atoms with Crippen molar-refractivity contribution in [2.24, 2.45) is 11.5 Å². The molecule has 0 unspecified atom stereocenters. The van der Waals surface area contributed by atoms with Gasteiger partial charge in [0, 0.05) is 6.54 Å². The van der Waals surface area contributed by atoms with Gasteiger partial charge in [0.15, 0.2) is 6.29 Å². The summed E-state index contributed by atoms with van der Waals surface area (Å²) in [5, 5.41) is 27.6. The van der Waals surface area contributed by atoms with Crippen LogP contribution in [0.15, 0.2) is 0 Å². The van der Waals surface area contributed by atoms with Crippen LogP contribution in [0, 0.1) is 0 Å². The molecule has 1 rings (SSSR count). The lowest BCUT2D eigenvalue weighted by Crippen LogP contribution is -2.62. The van der Waals surface area contributed by atoms with Crippen LogP contribution >= 0.6 is 0 Å². The average molecular weight is 178 g/mol. The van der Waals surface area contributed by atoms with Gasteiger partial charge >= 0.3 is 0 Å². The third-order valence-electron chi connectivity index (χ3n) is 2.00. The number of ether oxygens (including phenoxy) is 1. The standard InChI is InChI=1S/C6H14N2O4/c7-1-2-4(9)5(10)3(8)6(11)12-2/h2-6,9-11H,1,7-8H2/t2-,3-,4+,5+,6-/m0/s1. The Balaban J connectivity index is 2.63. The molecule has 6 nitrogen and oxygen atoms in total. The molecule has 1 heterocycles. The molecule has 0 aliphatic carbocycles. The fourth-order valence-electron chi connectivity index (χ4n) is 1.16. The molecule has 5 atom stereocenters. The van der Waals surface area contributed by atoms with Gasteiger partial charge in [-0.3, -0.25) is 0 Å². The Hall–Kier alpha value is -0.240. The number of hydrogen-bond donors (Lipinski definition) is 5. The van der Waals surface area contributed by atoms with Crippen molar-refractivity contribution >= 4 is 0 Å². The Labute approximate surface area is 69.7 Å². The minimum absolute atomic E-state index is 0.0298. The summed E-state index contributed by atoms with van der Waals surface area (Å²) >= 11 is 0. The molecule has 0 radical (unpaired) electrons. The molecule has 6 heteroatoms. The Morgan fingerprint density at radius 3 is 2.25 bits per heavy atom. The first-order valence-electron chi connectivity index (χ1n) is 3.73. The smallest absolute Gasteiger partial charge is 0.172 e. The number of aliphatic hydroxyl groups is 3. The van der Waals surface area contributed by atoms with E-state index in [0.717, 1.165) is 0 Å². The molecule has 1 aliphatic heterocycles. The van der Waals surface area contributed by atoms with E-state index in [-0.39, 0.29) is 6.54 Å². The Bertz CT molecular complexity index is 152.